The second-order valence-electron chi connectivity index (χ2n) is 3.02. The van der Waals surface area contributed by atoms with Crippen LogP contribution in [-0.2, 0) is 9.53 Å². The second kappa shape index (κ2) is 3.61. The number of ether oxygens (including phenoxy) is 1. The molecule has 2 atom stereocenters. The number of carbonyl (C=O) groups excluding carboxylic acids is 1. The van der Waals surface area contributed by atoms with Crippen LogP contribution in [0.4, 0.5) is 0 Å². The maximum Gasteiger partial charge on any atom is 0.334 e. The van der Waals surface area contributed by atoms with Crippen LogP contribution in [0.25, 0.3) is 0 Å². The normalized spacial score (nSPS) is 27.9. The van der Waals surface area contributed by atoms with E-state index in [1.165, 1.54) is 0 Å². The number of aliphatic imine (C=N–C) groups is 1. The summed E-state index contributed by atoms with van der Waals surface area (Å²) in [6, 6.07) is 0. The molecule has 5 nitrogen and oxygen atoms in total. The van der Waals surface area contributed by atoms with Gasteiger partial charge in [0.05, 0.1) is 18.1 Å². The van der Waals surface area contributed by atoms with Crippen molar-refractivity contribution in [3.8, 4) is 0 Å². The number of esters is 1. The summed E-state index contributed by atoms with van der Waals surface area (Å²) in [6.07, 6.45) is 4.83. The van der Waals surface area contributed by atoms with Gasteiger partial charge in [0.15, 0.2) is 0 Å². The van der Waals surface area contributed by atoms with Gasteiger partial charge in [0.2, 0.25) is 0 Å². The van der Waals surface area contributed by atoms with Gasteiger partial charge < -0.3 is 4.74 Å². The fourth-order valence-corrected chi connectivity index (χ4v) is 1.48. The van der Waals surface area contributed by atoms with Gasteiger partial charge in [-0.25, -0.2) is 4.79 Å². The molecule has 14 heavy (non-hydrogen) atoms. The Morgan fingerprint density at radius 1 is 1.71 bits per heavy atom. The number of hydrogen-bond donors (Lipinski definition) is 1. The zero-order valence-corrected chi connectivity index (χ0v) is 7.80. The van der Waals surface area contributed by atoms with E-state index in [1.807, 2.05) is 0 Å². The predicted molar refractivity (Wildman–Crippen MR) is 52.1 cm³/mol. The van der Waals surface area contributed by atoms with E-state index in [1.54, 1.807) is 25.4 Å². The zero-order valence-electron chi connectivity index (χ0n) is 7.80. The number of fused-ring (bicyclic) bond motifs is 1. The molecule has 1 N–H and O–H groups in total. The highest BCUT2D eigenvalue weighted by atomic mass is 16.5. The van der Waals surface area contributed by atoms with Crippen molar-refractivity contribution in [1.82, 2.24) is 5.43 Å². The van der Waals surface area contributed by atoms with Crippen LogP contribution in [0.15, 0.2) is 21.7 Å². The summed E-state index contributed by atoms with van der Waals surface area (Å²) >= 11 is 0. The SMILES string of the molecule is CCOC(=O)C1=CC=NC2NN=CC12. The van der Waals surface area contributed by atoms with E-state index in [9.17, 15) is 4.79 Å². The van der Waals surface area contributed by atoms with Crippen molar-refractivity contribution < 1.29 is 9.53 Å². The Balaban J connectivity index is 2.17. The lowest BCUT2D eigenvalue weighted by atomic mass is 9.96. The molecule has 0 spiro atoms. The first kappa shape index (κ1) is 8.93. The van der Waals surface area contributed by atoms with Crippen LogP contribution in [0, 0.1) is 5.92 Å². The monoisotopic (exact) mass is 193 g/mol. The minimum absolute atomic E-state index is 0.0842. The van der Waals surface area contributed by atoms with E-state index in [2.05, 4.69) is 15.5 Å². The van der Waals surface area contributed by atoms with Gasteiger partial charge in [0.25, 0.3) is 0 Å². The van der Waals surface area contributed by atoms with Gasteiger partial charge >= 0.3 is 5.97 Å². The Hall–Kier alpha value is -1.65. The van der Waals surface area contributed by atoms with E-state index in [4.69, 9.17) is 4.74 Å². The Kier molecular flexibility index (Phi) is 2.30. The topological polar surface area (TPSA) is 63.0 Å². The van der Waals surface area contributed by atoms with E-state index in [0.717, 1.165) is 0 Å². The highest BCUT2D eigenvalue weighted by Crippen LogP contribution is 2.22. The Labute approximate surface area is 81.5 Å². The quantitative estimate of drug-likeness (QED) is 0.632. The summed E-state index contributed by atoms with van der Waals surface area (Å²) in [5.74, 6) is -0.372. The Morgan fingerprint density at radius 3 is 3.36 bits per heavy atom. The standard InChI is InChI=1S/C9H11N3O2/c1-2-14-9(13)6-3-4-10-8-7(6)5-11-12-8/h3-5,7-8,12H,2H2,1H3. The summed E-state index contributed by atoms with van der Waals surface area (Å²) in [4.78, 5) is 15.6. The van der Waals surface area contributed by atoms with Crippen LogP contribution in [-0.4, -0.2) is 31.2 Å². The molecule has 0 aromatic rings. The molecule has 2 aliphatic heterocycles. The fraction of sp³-hybridized carbons (Fsp3) is 0.444. The van der Waals surface area contributed by atoms with E-state index < -0.39 is 0 Å². The maximum atomic E-state index is 11.5. The molecule has 2 unspecified atom stereocenters. The average molecular weight is 193 g/mol. The molecule has 5 heteroatoms. The number of hydrazone groups is 1. The second-order valence-corrected chi connectivity index (χ2v) is 3.02. The lowest BCUT2D eigenvalue weighted by Gasteiger charge is -2.18. The van der Waals surface area contributed by atoms with Crippen molar-refractivity contribution in [2.24, 2.45) is 16.0 Å². The van der Waals surface area contributed by atoms with Gasteiger partial charge in [-0.2, -0.15) is 5.10 Å². The van der Waals surface area contributed by atoms with Gasteiger partial charge in [0.1, 0.15) is 6.17 Å². The lowest BCUT2D eigenvalue weighted by molar-refractivity contribution is -0.139. The first-order chi connectivity index (χ1) is 6.83. The summed E-state index contributed by atoms with van der Waals surface area (Å²) in [7, 11) is 0. The third kappa shape index (κ3) is 1.41. The summed E-state index contributed by atoms with van der Waals surface area (Å²) in [5, 5.41) is 3.88. The van der Waals surface area contributed by atoms with Crippen LogP contribution >= 0.6 is 0 Å². The van der Waals surface area contributed by atoms with Gasteiger partial charge in [-0.15, -0.1) is 0 Å². The van der Waals surface area contributed by atoms with Crippen molar-refractivity contribution in [2.75, 3.05) is 6.61 Å². The maximum absolute atomic E-state index is 11.5. The van der Waals surface area contributed by atoms with E-state index in [-0.39, 0.29) is 18.1 Å². The molecule has 0 saturated carbocycles. The molecule has 2 rings (SSSR count). The van der Waals surface area contributed by atoms with Crippen molar-refractivity contribution in [2.45, 2.75) is 13.1 Å². The molecule has 2 heterocycles. The number of hydrogen-bond acceptors (Lipinski definition) is 5. The van der Waals surface area contributed by atoms with Crippen LogP contribution < -0.4 is 5.43 Å². The predicted octanol–water partition coefficient (Wildman–Crippen LogP) is 0.0916. The van der Waals surface area contributed by atoms with Crippen molar-refractivity contribution in [3.05, 3.63) is 11.6 Å². The lowest BCUT2D eigenvalue weighted by Crippen LogP contribution is -2.32. The van der Waals surface area contributed by atoms with Crippen LogP contribution in [0.3, 0.4) is 0 Å². The van der Waals surface area contributed by atoms with Gasteiger partial charge in [-0.1, -0.05) is 0 Å². The number of dihydropyridines is 1. The number of carbonyl (C=O) groups is 1. The highest BCUT2D eigenvalue weighted by Gasteiger charge is 2.32. The minimum Gasteiger partial charge on any atom is -0.463 e. The molecule has 0 saturated heterocycles. The summed E-state index contributed by atoms with van der Waals surface area (Å²) in [6.45, 7) is 2.17. The average Bonchev–Trinajstić information content (AvgIpc) is 2.65. The van der Waals surface area contributed by atoms with Crippen LogP contribution in [0.2, 0.25) is 0 Å². The van der Waals surface area contributed by atoms with Gasteiger partial charge in [-0.3, -0.25) is 10.4 Å². The molecule has 0 aromatic heterocycles. The molecule has 0 amide bonds. The largest absolute Gasteiger partial charge is 0.463 e. The number of nitrogens with one attached hydrogen (secondary N) is 1. The fourth-order valence-electron chi connectivity index (χ4n) is 1.48. The number of allylic oxidation sites excluding steroid dienone is 1. The molecule has 0 bridgehead atoms. The minimum atomic E-state index is -0.288. The zero-order chi connectivity index (χ0) is 9.97. The molecular weight excluding hydrogens is 182 g/mol. The third-order valence-corrected chi connectivity index (χ3v) is 2.15. The van der Waals surface area contributed by atoms with Crippen molar-refractivity contribution in [1.29, 1.82) is 0 Å². The molecule has 0 aliphatic carbocycles. The molecule has 74 valence electrons. The number of nitrogens with zero attached hydrogens (tertiary/aromatic N) is 2. The van der Waals surface area contributed by atoms with Crippen LogP contribution in [0.5, 0.6) is 0 Å². The molecule has 0 radical (unpaired) electrons. The van der Waals surface area contributed by atoms with E-state index >= 15 is 0 Å². The van der Waals surface area contributed by atoms with E-state index in [0.29, 0.717) is 12.2 Å². The first-order valence-electron chi connectivity index (χ1n) is 4.52. The first-order valence-corrected chi connectivity index (χ1v) is 4.52. The third-order valence-electron chi connectivity index (χ3n) is 2.15. The molecule has 0 fully saturated rings. The highest BCUT2D eigenvalue weighted by molar-refractivity contribution is 5.99. The smallest absolute Gasteiger partial charge is 0.334 e. The Morgan fingerprint density at radius 2 is 2.57 bits per heavy atom. The summed E-state index contributed by atoms with van der Waals surface area (Å²) in [5.41, 5.74) is 3.42. The summed E-state index contributed by atoms with van der Waals surface area (Å²) < 4.78 is 4.93. The molecular formula is C9H11N3O2. The molecule has 0 aromatic carbocycles. The van der Waals surface area contributed by atoms with Crippen LogP contribution in [0.1, 0.15) is 6.92 Å². The van der Waals surface area contributed by atoms with Gasteiger partial charge in [-0.05, 0) is 13.0 Å². The molecule has 2 aliphatic rings. The Bertz CT molecular complexity index is 333. The van der Waals surface area contributed by atoms with Crippen molar-refractivity contribution in [3.63, 3.8) is 0 Å². The number of rotatable bonds is 2. The van der Waals surface area contributed by atoms with Gasteiger partial charge in [0, 0.05) is 12.4 Å². The van der Waals surface area contributed by atoms with Crippen molar-refractivity contribution >= 4 is 18.4 Å².